The normalized spacial score (nSPS) is 19.8. The molecule has 1 saturated heterocycles. The van der Waals surface area contributed by atoms with Crippen molar-refractivity contribution < 1.29 is 22.7 Å². The van der Waals surface area contributed by atoms with E-state index < -0.39 is 24.9 Å². The van der Waals surface area contributed by atoms with Gasteiger partial charge in [0.2, 0.25) is 0 Å². The molecular formula is C22H22F3N7O2. The number of carbonyl (C=O) groups is 1. The van der Waals surface area contributed by atoms with Gasteiger partial charge in [-0.1, -0.05) is 0 Å². The van der Waals surface area contributed by atoms with E-state index in [1.807, 2.05) is 0 Å². The van der Waals surface area contributed by atoms with Gasteiger partial charge in [-0.25, -0.2) is 23.2 Å². The zero-order valence-corrected chi connectivity index (χ0v) is 18.3. The van der Waals surface area contributed by atoms with Crippen LogP contribution >= 0.6 is 0 Å². The summed E-state index contributed by atoms with van der Waals surface area (Å²) in [6, 6.07) is 4.57. The van der Waals surface area contributed by atoms with Crippen molar-refractivity contribution in [3.8, 4) is 5.75 Å². The molecule has 3 N–H and O–H groups in total. The van der Waals surface area contributed by atoms with Gasteiger partial charge in [0.25, 0.3) is 11.8 Å². The van der Waals surface area contributed by atoms with Crippen LogP contribution in [0.2, 0.25) is 0 Å². The molecule has 12 heteroatoms. The highest BCUT2D eigenvalue weighted by molar-refractivity contribution is 6.00. The maximum atomic E-state index is 14.5. The minimum absolute atomic E-state index is 0.00992. The predicted molar refractivity (Wildman–Crippen MR) is 117 cm³/mol. The van der Waals surface area contributed by atoms with Gasteiger partial charge in [0, 0.05) is 30.2 Å². The molecule has 6 rings (SSSR count). The fourth-order valence-electron chi connectivity index (χ4n) is 4.69. The molecule has 1 aromatic carbocycles. The van der Waals surface area contributed by atoms with Gasteiger partial charge in [-0.15, -0.1) is 0 Å². The number of alkyl halides is 2. The summed E-state index contributed by atoms with van der Waals surface area (Å²) in [6.45, 7) is -0.539. The molecule has 1 saturated carbocycles. The summed E-state index contributed by atoms with van der Waals surface area (Å²) >= 11 is 0. The van der Waals surface area contributed by atoms with Crippen LogP contribution in [-0.4, -0.2) is 58.2 Å². The Kier molecular flexibility index (Phi) is 4.47. The van der Waals surface area contributed by atoms with Crippen LogP contribution in [0.3, 0.4) is 0 Å². The lowest BCUT2D eigenvalue weighted by Crippen LogP contribution is -2.62. The van der Waals surface area contributed by atoms with E-state index in [4.69, 9.17) is 4.74 Å². The Bertz CT molecular complexity index is 1310. The van der Waals surface area contributed by atoms with Crippen LogP contribution in [0.15, 0.2) is 24.4 Å². The Morgan fingerprint density at radius 1 is 1.18 bits per heavy atom. The maximum absolute atomic E-state index is 14.5. The average molecular weight is 473 g/mol. The number of nitrogens with one attached hydrogen (secondary N) is 3. The standard InChI is InChI=1S/C22H22F3N7O2/c1-26-17-8-16(28-15-7-12(23)6-14-18(15)34-5-4-21(14)2-3-21)29-19-13(9-27-32(17)19)20(33)30-31-10-22(24,25)11-31/h6-9,26H,2-5,10-11H2,1H3,(H,28,29)(H,30,33). The third-order valence-corrected chi connectivity index (χ3v) is 6.64. The maximum Gasteiger partial charge on any atom is 0.276 e. The van der Waals surface area contributed by atoms with Crippen molar-refractivity contribution in [1.82, 2.24) is 25.0 Å². The van der Waals surface area contributed by atoms with Crippen molar-refractivity contribution in [1.29, 1.82) is 0 Å². The summed E-state index contributed by atoms with van der Waals surface area (Å²) in [5, 5.41) is 11.5. The zero-order valence-electron chi connectivity index (χ0n) is 18.3. The number of anilines is 3. The van der Waals surface area contributed by atoms with E-state index in [2.05, 4.69) is 26.1 Å². The summed E-state index contributed by atoms with van der Waals surface area (Å²) in [7, 11) is 1.69. The second kappa shape index (κ2) is 7.23. The van der Waals surface area contributed by atoms with Crippen LogP contribution in [0.1, 0.15) is 35.2 Å². The van der Waals surface area contributed by atoms with Gasteiger partial charge >= 0.3 is 0 Å². The number of benzene rings is 1. The smallest absolute Gasteiger partial charge is 0.276 e. The Balaban J connectivity index is 1.35. The molecule has 4 heterocycles. The van der Waals surface area contributed by atoms with Crippen LogP contribution < -0.4 is 20.8 Å². The molecule has 1 amide bonds. The lowest BCUT2D eigenvalue weighted by molar-refractivity contribution is -0.144. The van der Waals surface area contributed by atoms with E-state index >= 15 is 0 Å². The zero-order chi connectivity index (χ0) is 23.7. The van der Waals surface area contributed by atoms with Crippen LogP contribution in [0.4, 0.5) is 30.5 Å². The molecule has 2 fully saturated rings. The predicted octanol–water partition coefficient (Wildman–Crippen LogP) is 3.06. The number of halogens is 3. The van der Waals surface area contributed by atoms with Crippen molar-refractivity contribution in [3.05, 3.63) is 41.3 Å². The van der Waals surface area contributed by atoms with E-state index in [1.165, 1.54) is 16.8 Å². The minimum atomic E-state index is -2.81. The molecule has 0 unspecified atom stereocenters. The highest BCUT2D eigenvalue weighted by Crippen LogP contribution is 2.57. The van der Waals surface area contributed by atoms with E-state index in [-0.39, 0.29) is 22.4 Å². The van der Waals surface area contributed by atoms with Crippen LogP contribution in [0, 0.1) is 5.82 Å². The first kappa shape index (κ1) is 21.0. The summed E-state index contributed by atoms with van der Waals surface area (Å²) in [4.78, 5) is 17.2. The number of hydrogen-bond donors (Lipinski definition) is 3. The monoisotopic (exact) mass is 473 g/mol. The van der Waals surface area contributed by atoms with Crippen molar-refractivity contribution in [3.63, 3.8) is 0 Å². The largest absolute Gasteiger partial charge is 0.491 e. The van der Waals surface area contributed by atoms with Crippen LogP contribution in [-0.2, 0) is 5.41 Å². The first-order valence-electron chi connectivity index (χ1n) is 11.0. The average Bonchev–Trinajstić information content (AvgIpc) is 3.41. The summed E-state index contributed by atoms with van der Waals surface area (Å²) in [5.74, 6) is -2.31. The first-order valence-corrected chi connectivity index (χ1v) is 11.0. The van der Waals surface area contributed by atoms with Gasteiger partial charge in [-0.3, -0.25) is 10.2 Å². The molecule has 3 aromatic rings. The molecule has 2 aliphatic heterocycles. The van der Waals surface area contributed by atoms with E-state index in [0.29, 0.717) is 29.7 Å². The second-order valence-electron chi connectivity index (χ2n) is 9.06. The van der Waals surface area contributed by atoms with Gasteiger partial charge in [0.05, 0.1) is 31.6 Å². The highest BCUT2D eigenvalue weighted by atomic mass is 19.3. The van der Waals surface area contributed by atoms with Crippen LogP contribution in [0.5, 0.6) is 5.75 Å². The molecule has 178 valence electrons. The minimum Gasteiger partial charge on any atom is -0.491 e. The van der Waals surface area contributed by atoms with Crippen LogP contribution in [0.25, 0.3) is 5.65 Å². The highest BCUT2D eigenvalue weighted by Gasteiger charge is 2.48. The molecule has 1 aliphatic carbocycles. The number of amides is 1. The Morgan fingerprint density at radius 2 is 1.97 bits per heavy atom. The lowest BCUT2D eigenvalue weighted by atomic mass is 9.89. The number of fused-ring (bicyclic) bond motifs is 3. The number of hydrazine groups is 1. The molecule has 0 atom stereocenters. The topological polar surface area (TPSA) is 95.8 Å². The second-order valence-corrected chi connectivity index (χ2v) is 9.06. The molecule has 0 radical (unpaired) electrons. The molecule has 0 bridgehead atoms. The number of aromatic nitrogens is 3. The van der Waals surface area contributed by atoms with Gasteiger partial charge in [-0.05, 0) is 25.3 Å². The molecule has 9 nitrogen and oxygen atoms in total. The molecule has 34 heavy (non-hydrogen) atoms. The third kappa shape index (κ3) is 3.40. The van der Waals surface area contributed by atoms with Crippen molar-refractivity contribution in [2.24, 2.45) is 0 Å². The van der Waals surface area contributed by atoms with Crippen molar-refractivity contribution >= 4 is 28.9 Å². The van der Waals surface area contributed by atoms with Crippen molar-refractivity contribution in [2.75, 3.05) is 37.4 Å². The Morgan fingerprint density at radius 3 is 2.68 bits per heavy atom. The summed E-state index contributed by atoms with van der Waals surface area (Å²) in [5.41, 5.74) is 4.09. The fraction of sp³-hybridized carbons (Fsp3) is 0.409. The number of rotatable bonds is 5. The summed E-state index contributed by atoms with van der Waals surface area (Å²) < 4.78 is 48.1. The summed E-state index contributed by atoms with van der Waals surface area (Å²) in [6.07, 6.45) is 4.22. The first-order chi connectivity index (χ1) is 16.3. The van der Waals surface area contributed by atoms with Gasteiger partial charge in [0.15, 0.2) is 5.65 Å². The number of nitrogens with zero attached hydrogens (tertiary/aromatic N) is 4. The van der Waals surface area contributed by atoms with Gasteiger partial charge < -0.3 is 15.4 Å². The quantitative estimate of drug-likeness (QED) is 0.524. The van der Waals surface area contributed by atoms with Gasteiger partial charge in [0.1, 0.15) is 28.8 Å². The number of ether oxygens (including phenoxy) is 1. The number of hydrogen-bond acceptors (Lipinski definition) is 7. The molecule has 2 aromatic heterocycles. The molecule has 3 aliphatic rings. The van der Waals surface area contributed by atoms with Gasteiger partial charge in [-0.2, -0.15) is 9.61 Å². The third-order valence-electron chi connectivity index (χ3n) is 6.64. The Hall–Kier alpha value is -3.54. The molecular weight excluding hydrogens is 451 g/mol. The number of carbonyl (C=O) groups excluding carboxylic acids is 1. The SMILES string of the molecule is CNc1cc(Nc2cc(F)cc3c2OCCC32CC2)nc2c(C(=O)NN3CC(F)(F)C3)cnn12. The van der Waals surface area contributed by atoms with E-state index in [9.17, 15) is 18.0 Å². The fourth-order valence-corrected chi connectivity index (χ4v) is 4.69. The van der Waals surface area contributed by atoms with Crippen molar-refractivity contribution in [2.45, 2.75) is 30.6 Å². The Labute approximate surface area is 192 Å². The molecule has 1 spiro atoms. The van der Waals surface area contributed by atoms with E-state index in [0.717, 1.165) is 29.8 Å². The van der Waals surface area contributed by atoms with E-state index in [1.54, 1.807) is 19.2 Å². The lowest BCUT2D eigenvalue weighted by Gasteiger charge is -2.38.